The molecular formula is C29H35N5O4. The van der Waals surface area contributed by atoms with Crippen molar-refractivity contribution in [2.45, 2.75) is 53.2 Å². The number of carbonyl (C=O) groups excluding carboxylic acids is 2. The van der Waals surface area contributed by atoms with Crippen LogP contribution in [-0.2, 0) is 22.7 Å². The number of aromatic nitrogens is 2. The monoisotopic (exact) mass is 517 g/mol. The molecule has 9 nitrogen and oxygen atoms in total. The molecule has 2 N–H and O–H groups in total. The summed E-state index contributed by atoms with van der Waals surface area (Å²) < 4.78 is 13.1. The summed E-state index contributed by atoms with van der Waals surface area (Å²) in [7, 11) is 0. The summed E-state index contributed by atoms with van der Waals surface area (Å²) in [6.45, 7) is 8.59. The molecule has 2 amide bonds. The highest BCUT2D eigenvalue weighted by Crippen LogP contribution is 2.37. The first-order valence-electron chi connectivity index (χ1n) is 13.4. The van der Waals surface area contributed by atoms with Crippen molar-refractivity contribution in [3.8, 4) is 0 Å². The lowest BCUT2D eigenvalue weighted by atomic mass is 10.0. The quantitative estimate of drug-likeness (QED) is 0.317. The van der Waals surface area contributed by atoms with Crippen molar-refractivity contribution in [2.24, 2.45) is 0 Å². The molecule has 0 aliphatic carbocycles. The van der Waals surface area contributed by atoms with Crippen molar-refractivity contribution in [3.05, 3.63) is 53.2 Å². The Hall–Kier alpha value is -4.01. The number of hydrogen-bond donors (Lipinski definition) is 2. The van der Waals surface area contributed by atoms with Crippen LogP contribution in [0.4, 0.5) is 15.4 Å². The number of hydrogen-bond acceptors (Lipinski definition) is 6. The number of benzene rings is 2. The number of amides is 2. The molecule has 0 atom stereocenters. The van der Waals surface area contributed by atoms with Crippen LogP contribution in [0.2, 0.25) is 0 Å². The van der Waals surface area contributed by atoms with Crippen molar-refractivity contribution in [1.82, 2.24) is 20.2 Å². The number of fused-ring (bicyclic) bond motifs is 4. The molecule has 3 heterocycles. The van der Waals surface area contributed by atoms with Gasteiger partial charge in [0.05, 0.1) is 5.52 Å². The highest BCUT2D eigenvalue weighted by molar-refractivity contribution is 6.10. The largest absolute Gasteiger partial charge is 0.445 e. The van der Waals surface area contributed by atoms with Gasteiger partial charge in [-0.05, 0) is 62.9 Å². The van der Waals surface area contributed by atoms with Gasteiger partial charge in [0.2, 0.25) is 0 Å². The maximum Gasteiger partial charge on any atom is 0.407 e. The fourth-order valence-corrected chi connectivity index (χ4v) is 5.31. The summed E-state index contributed by atoms with van der Waals surface area (Å²) in [5, 5.41) is 14.9. The highest BCUT2D eigenvalue weighted by Gasteiger charge is 2.25. The maximum atomic E-state index is 12.3. The maximum absolute atomic E-state index is 12.3. The van der Waals surface area contributed by atoms with Crippen LogP contribution < -0.4 is 15.5 Å². The van der Waals surface area contributed by atoms with Crippen LogP contribution in [0, 0.1) is 6.92 Å². The predicted molar refractivity (Wildman–Crippen MR) is 149 cm³/mol. The molecule has 5 rings (SSSR count). The van der Waals surface area contributed by atoms with E-state index in [1.165, 1.54) is 6.42 Å². The number of nitrogens with one attached hydrogen (secondary N) is 2. The van der Waals surface area contributed by atoms with Gasteiger partial charge in [-0.25, -0.2) is 14.1 Å². The number of carbonyl (C=O) groups is 2. The molecule has 1 fully saturated rings. The van der Waals surface area contributed by atoms with Crippen LogP contribution in [0.25, 0.3) is 27.1 Å². The molecule has 2 aromatic heterocycles. The number of rotatable bonds is 7. The molecule has 200 valence electrons. The molecular weight excluding hydrogens is 482 g/mol. The van der Waals surface area contributed by atoms with E-state index in [9.17, 15) is 9.59 Å². The Morgan fingerprint density at radius 3 is 2.05 bits per heavy atom. The van der Waals surface area contributed by atoms with Gasteiger partial charge in [0.1, 0.15) is 13.2 Å². The third-order valence-electron chi connectivity index (χ3n) is 7.19. The standard InChI is InChI=1S/C29H35N5O4/c1-4-30-28(35)37-17-24-19(3)34-26(25(24)18-38-29(36)31-5-2)22-15-20-11-7-8-12-21(20)16-23(22)27(32-34)33-13-9-6-10-14-33/h7-8,11-12,15-16H,4-6,9-10,13-14,17-18H2,1-3H3,(H,30,35)(H,31,36). The van der Waals surface area contributed by atoms with Crippen molar-refractivity contribution in [3.63, 3.8) is 0 Å². The molecule has 1 aliphatic rings. The molecule has 2 aromatic carbocycles. The number of nitrogens with zero attached hydrogens (tertiary/aromatic N) is 3. The van der Waals surface area contributed by atoms with Gasteiger partial charge >= 0.3 is 12.2 Å². The smallest absolute Gasteiger partial charge is 0.407 e. The zero-order valence-electron chi connectivity index (χ0n) is 22.3. The molecule has 4 aromatic rings. The van der Waals surface area contributed by atoms with Gasteiger partial charge < -0.3 is 25.0 Å². The number of alkyl carbamates (subject to hydrolysis) is 2. The second-order valence-electron chi connectivity index (χ2n) is 9.63. The summed E-state index contributed by atoms with van der Waals surface area (Å²) in [6, 6.07) is 12.7. The van der Waals surface area contributed by atoms with Crippen LogP contribution in [0.3, 0.4) is 0 Å². The van der Waals surface area contributed by atoms with Gasteiger partial charge in [-0.15, -0.1) is 5.10 Å². The minimum atomic E-state index is -0.493. The van der Waals surface area contributed by atoms with Gasteiger partial charge in [0.25, 0.3) is 0 Å². The van der Waals surface area contributed by atoms with E-state index in [0.717, 1.165) is 75.6 Å². The lowest BCUT2D eigenvalue weighted by molar-refractivity contribution is 0.132. The summed E-state index contributed by atoms with van der Waals surface area (Å²) in [5.41, 5.74) is 3.30. The Labute approximate surface area is 222 Å². The van der Waals surface area contributed by atoms with Crippen molar-refractivity contribution < 1.29 is 19.1 Å². The third-order valence-corrected chi connectivity index (χ3v) is 7.19. The molecule has 38 heavy (non-hydrogen) atoms. The van der Waals surface area contributed by atoms with E-state index < -0.39 is 12.2 Å². The number of anilines is 1. The minimum absolute atomic E-state index is 0.0317. The molecule has 9 heteroatoms. The summed E-state index contributed by atoms with van der Waals surface area (Å²) in [6.07, 6.45) is 2.52. The first-order chi connectivity index (χ1) is 18.5. The fraction of sp³-hybridized carbons (Fsp3) is 0.414. The molecule has 0 saturated carbocycles. The lowest BCUT2D eigenvalue weighted by Crippen LogP contribution is -2.30. The second-order valence-corrected chi connectivity index (χ2v) is 9.63. The average molecular weight is 518 g/mol. The Balaban J connectivity index is 1.74. The van der Waals surface area contributed by atoms with Crippen molar-refractivity contribution >= 4 is 45.1 Å². The van der Waals surface area contributed by atoms with Crippen LogP contribution in [-0.4, -0.2) is 48.0 Å². The fourth-order valence-electron chi connectivity index (χ4n) is 5.31. The highest BCUT2D eigenvalue weighted by atomic mass is 16.6. The molecule has 1 saturated heterocycles. The molecule has 1 aliphatic heterocycles. The Bertz CT molecular complexity index is 1490. The molecule has 0 unspecified atom stereocenters. The normalized spacial score (nSPS) is 13.7. The Morgan fingerprint density at radius 2 is 1.45 bits per heavy atom. The Kier molecular flexibility index (Phi) is 7.53. The van der Waals surface area contributed by atoms with Gasteiger partial charge in [0.15, 0.2) is 5.82 Å². The first kappa shape index (κ1) is 25.6. The van der Waals surface area contributed by atoms with Gasteiger partial charge in [0, 0.05) is 53.8 Å². The SMILES string of the molecule is CCNC(=O)OCc1c(COC(=O)NCC)c2c3cc4ccccc4cc3c(N3CCCCC3)nn2c1C. The topological polar surface area (TPSA) is 97.2 Å². The average Bonchev–Trinajstić information content (AvgIpc) is 3.20. The van der Waals surface area contributed by atoms with E-state index in [1.807, 2.05) is 37.4 Å². The van der Waals surface area contributed by atoms with Gasteiger partial charge in [-0.2, -0.15) is 0 Å². The van der Waals surface area contributed by atoms with Crippen LogP contribution in [0.5, 0.6) is 0 Å². The summed E-state index contributed by atoms with van der Waals surface area (Å²) in [4.78, 5) is 26.8. The zero-order valence-corrected chi connectivity index (χ0v) is 22.3. The predicted octanol–water partition coefficient (Wildman–Crippen LogP) is 5.43. The zero-order chi connectivity index (χ0) is 26.6. The molecule has 0 bridgehead atoms. The third kappa shape index (κ3) is 4.92. The molecule has 0 spiro atoms. The van der Waals surface area contributed by atoms with E-state index in [2.05, 4.69) is 39.8 Å². The van der Waals surface area contributed by atoms with E-state index in [4.69, 9.17) is 14.6 Å². The van der Waals surface area contributed by atoms with Crippen molar-refractivity contribution in [1.29, 1.82) is 0 Å². The number of piperidine rings is 1. The molecule has 0 radical (unpaired) electrons. The first-order valence-corrected chi connectivity index (χ1v) is 13.4. The van der Waals surface area contributed by atoms with Crippen LogP contribution in [0.1, 0.15) is 49.9 Å². The summed E-state index contributed by atoms with van der Waals surface area (Å²) >= 11 is 0. The summed E-state index contributed by atoms with van der Waals surface area (Å²) in [5.74, 6) is 0.948. The van der Waals surface area contributed by atoms with Crippen LogP contribution in [0.15, 0.2) is 36.4 Å². The Morgan fingerprint density at radius 1 is 0.868 bits per heavy atom. The van der Waals surface area contributed by atoms with Gasteiger partial charge in [-0.3, -0.25) is 0 Å². The lowest BCUT2D eigenvalue weighted by Gasteiger charge is -2.29. The van der Waals surface area contributed by atoms with E-state index in [1.54, 1.807) is 0 Å². The second kappa shape index (κ2) is 11.2. The van der Waals surface area contributed by atoms with Crippen molar-refractivity contribution in [2.75, 3.05) is 31.1 Å². The van der Waals surface area contributed by atoms with E-state index in [-0.39, 0.29) is 13.2 Å². The van der Waals surface area contributed by atoms with E-state index >= 15 is 0 Å². The van der Waals surface area contributed by atoms with E-state index in [0.29, 0.717) is 13.1 Å². The van der Waals surface area contributed by atoms with Crippen LogP contribution >= 0.6 is 0 Å². The minimum Gasteiger partial charge on any atom is -0.445 e. The number of ether oxygens (including phenoxy) is 2. The number of aryl methyl sites for hydroxylation is 1. The van der Waals surface area contributed by atoms with Gasteiger partial charge in [-0.1, -0.05) is 24.3 Å².